The third-order valence-electron chi connectivity index (χ3n) is 5.16. The molecule has 0 aliphatic carbocycles. The van der Waals surface area contributed by atoms with E-state index in [2.05, 4.69) is 10.4 Å². The molecule has 7 nitrogen and oxygen atoms in total. The molecule has 0 radical (unpaired) electrons. The second kappa shape index (κ2) is 8.28. The molecule has 2 heterocycles. The van der Waals surface area contributed by atoms with Crippen LogP contribution in [0.15, 0.2) is 59.0 Å². The van der Waals surface area contributed by atoms with E-state index in [4.69, 9.17) is 11.6 Å². The number of nitrogens with one attached hydrogen (secondary N) is 2. The van der Waals surface area contributed by atoms with Crippen LogP contribution < -0.4 is 10.9 Å². The minimum Gasteiger partial charge on any atom is -0.303 e. The number of urea groups is 1. The number of aromatic nitrogens is 2. The maximum absolute atomic E-state index is 13.0. The van der Waals surface area contributed by atoms with E-state index in [0.29, 0.717) is 28.4 Å². The van der Waals surface area contributed by atoms with Crippen molar-refractivity contribution in [3.63, 3.8) is 0 Å². The summed E-state index contributed by atoms with van der Waals surface area (Å²) in [6.07, 6.45) is 1.99. The zero-order valence-corrected chi connectivity index (χ0v) is 17.9. The molecule has 31 heavy (non-hydrogen) atoms. The summed E-state index contributed by atoms with van der Waals surface area (Å²) >= 11 is 5.94. The Morgan fingerprint density at radius 3 is 2.32 bits per heavy atom. The second-order valence-electron chi connectivity index (χ2n) is 7.34. The van der Waals surface area contributed by atoms with Crippen molar-refractivity contribution in [3.8, 4) is 5.69 Å². The van der Waals surface area contributed by atoms with Gasteiger partial charge in [-0.15, -0.1) is 0 Å². The molecule has 4 rings (SSSR count). The molecular weight excluding hydrogens is 416 g/mol. The first kappa shape index (κ1) is 20.7. The SMILES string of the molecule is CCc1[nH]n(-c2ccc(Cl)cc2)c(=O)c1/C=C1\NC(=O)N(Cc2ccc(C)cc2)C1=O. The Bertz CT molecular complexity index is 1240. The van der Waals surface area contributed by atoms with Crippen LogP contribution in [-0.2, 0) is 17.8 Å². The number of carbonyl (C=O) groups is 2. The lowest BCUT2D eigenvalue weighted by atomic mass is 10.1. The molecule has 3 aromatic rings. The second-order valence-corrected chi connectivity index (χ2v) is 7.78. The van der Waals surface area contributed by atoms with Crippen molar-refractivity contribution >= 4 is 29.6 Å². The monoisotopic (exact) mass is 436 g/mol. The number of aryl methyl sites for hydroxylation is 2. The third kappa shape index (κ3) is 4.04. The van der Waals surface area contributed by atoms with Gasteiger partial charge in [-0.2, -0.15) is 0 Å². The van der Waals surface area contributed by atoms with Crippen LogP contribution in [0.4, 0.5) is 4.79 Å². The summed E-state index contributed by atoms with van der Waals surface area (Å²) in [5, 5.41) is 6.22. The lowest BCUT2D eigenvalue weighted by Crippen LogP contribution is -2.30. The largest absolute Gasteiger partial charge is 0.329 e. The van der Waals surface area contributed by atoms with E-state index in [1.54, 1.807) is 24.3 Å². The lowest BCUT2D eigenvalue weighted by molar-refractivity contribution is -0.123. The zero-order chi connectivity index (χ0) is 22.1. The highest BCUT2D eigenvalue weighted by Gasteiger charge is 2.34. The minimum absolute atomic E-state index is 0.0752. The van der Waals surface area contributed by atoms with Gasteiger partial charge in [-0.25, -0.2) is 9.48 Å². The van der Waals surface area contributed by atoms with Crippen LogP contribution in [-0.4, -0.2) is 26.6 Å². The first-order valence-electron chi connectivity index (χ1n) is 9.87. The van der Waals surface area contributed by atoms with Crippen LogP contribution in [0.2, 0.25) is 5.02 Å². The molecule has 2 N–H and O–H groups in total. The topological polar surface area (TPSA) is 87.2 Å². The summed E-state index contributed by atoms with van der Waals surface area (Å²) in [5.41, 5.74) is 3.31. The van der Waals surface area contributed by atoms with Crippen LogP contribution in [0.1, 0.15) is 29.3 Å². The molecule has 2 aromatic carbocycles. The number of H-pyrrole nitrogens is 1. The quantitative estimate of drug-likeness (QED) is 0.471. The van der Waals surface area contributed by atoms with Crippen molar-refractivity contribution in [2.75, 3.05) is 0 Å². The van der Waals surface area contributed by atoms with Crippen molar-refractivity contribution in [1.82, 2.24) is 20.0 Å². The van der Waals surface area contributed by atoms with Gasteiger partial charge in [0, 0.05) is 10.7 Å². The number of halogens is 1. The van der Waals surface area contributed by atoms with Gasteiger partial charge in [0.05, 0.1) is 17.8 Å². The van der Waals surface area contributed by atoms with Gasteiger partial charge in [0.15, 0.2) is 0 Å². The van der Waals surface area contributed by atoms with Crippen LogP contribution in [0.5, 0.6) is 0 Å². The molecule has 158 valence electrons. The molecule has 1 aromatic heterocycles. The molecule has 1 fully saturated rings. The van der Waals surface area contributed by atoms with Gasteiger partial charge >= 0.3 is 6.03 Å². The van der Waals surface area contributed by atoms with E-state index in [0.717, 1.165) is 16.0 Å². The lowest BCUT2D eigenvalue weighted by Gasteiger charge is -2.11. The maximum Gasteiger partial charge on any atom is 0.329 e. The Kier molecular flexibility index (Phi) is 5.52. The summed E-state index contributed by atoms with van der Waals surface area (Å²) in [6.45, 7) is 4.03. The molecular formula is C23H21ClN4O3. The number of benzene rings is 2. The van der Waals surface area contributed by atoms with E-state index in [-0.39, 0.29) is 17.8 Å². The van der Waals surface area contributed by atoms with Gasteiger partial charge < -0.3 is 5.32 Å². The number of hydrogen-bond acceptors (Lipinski definition) is 3. The summed E-state index contributed by atoms with van der Waals surface area (Å²) in [5.74, 6) is -0.466. The fourth-order valence-corrected chi connectivity index (χ4v) is 3.55. The van der Waals surface area contributed by atoms with Gasteiger partial charge in [-0.1, -0.05) is 48.4 Å². The van der Waals surface area contributed by atoms with E-state index >= 15 is 0 Å². The highest BCUT2D eigenvalue weighted by Crippen LogP contribution is 2.19. The Morgan fingerprint density at radius 2 is 1.68 bits per heavy atom. The van der Waals surface area contributed by atoms with Gasteiger partial charge in [-0.05, 0) is 49.2 Å². The Labute approximate surface area is 183 Å². The fourth-order valence-electron chi connectivity index (χ4n) is 3.42. The number of amides is 3. The molecule has 8 heteroatoms. The molecule has 1 saturated heterocycles. The summed E-state index contributed by atoms with van der Waals surface area (Å²) in [4.78, 5) is 39.4. The highest BCUT2D eigenvalue weighted by molar-refractivity contribution is 6.30. The maximum atomic E-state index is 13.0. The highest BCUT2D eigenvalue weighted by atomic mass is 35.5. The summed E-state index contributed by atoms with van der Waals surface area (Å²) < 4.78 is 1.40. The van der Waals surface area contributed by atoms with Crippen molar-refractivity contribution in [2.45, 2.75) is 26.8 Å². The first-order chi connectivity index (χ1) is 14.9. The van der Waals surface area contributed by atoms with Crippen molar-refractivity contribution < 1.29 is 9.59 Å². The van der Waals surface area contributed by atoms with Gasteiger partial charge in [0.1, 0.15) is 5.70 Å². The van der Waals surface area contributed by atoms with Crippen molar-refractivity contribution in [1.29, 1.82) is 0 Å². The van der Waals surface area contributed by atoms with E-state index in [1.807, 2.05) is 38.1 Å². The van der Waals surface area contributed by atoms with Crippen LogP contribution in [0.3, 0.4) is 0 Å². The average Bonchev–Trinajstić information content (AvgIpc) is 3.21. The predicted octanol–water partition coefficient (Wildman–Crippen LogP) is 3.78. The van der Waals surface area contributed by atoms with Gasteiger partial charge in [-0.3, -0.25) is 19.6 Å². The first-order valence-corrected chi connectivity index (χ1v) is 10.2. The fraction of sp³-hybridized carbons (Fsp3) is 0.174. The van der Waals surface area contributed by atoms with Crippen molar-refractivity contribution in [3.05, 3.63) is 92.0 Å². The molecule has 1 aliphatic heterocycles. The molecule has 0 unspecified atom stereocenters. The van der Waals surface area contributed by atoms with Crippen LogP contribution in [0, 0.1) is 6.92 Å². The summed E-state index contributed by atoms with van der Waals surface area (Å²) in [6, 6.07) is 13.9. The smallest absolute Gasteiger partial charge is 0.303 e. The Balaban J connectivity index is 1.66. The Hall–Kier alpha value is -3.58. The summed E-state index contributed by atoms with van der Waals surface area (Å²) in [7, 11) is 0. The number of imide groups is 1. The molecule has 0 bridgehead atoms. The van der Waals surface area contributed by atoms with Crippen molar-refractivity contribution in [2.24, 2.45) is 0 Å². The third-order valence-corrected chi connectivity index (χ3v) is 5.41. The van der Waals surface area contributed by atoms with Gasteiger partial charge in [0.2, 0.25) is 0 Å². The molecule has 0 atom stereocenters. The molecule has 1 aliphatic rings. The molecule has 0 spiro atoms. The number of aromatic amines is 1. The normalized spacial score (nSPS) is 15.1. The Morgan fingerprint density at radius 1 is 1.00 bits per heavy atom. The molecule has 3 amide bonds. The number of rotatable bonds is 5. The zero-order valence-electron chi connectivity index (χ0n) is 17.1. The van der Waals surface area contributed by atoms with Crippen LogP contribution >= 0.6 is 11.6 Å². The van der Waals surface area contributed by atoms with E-state index in [1.165, 1.54) is 10.8 Å². The van der Waals surface area contributed by atoms with E-state index in [9.17, 15) is 14.4 Å². The van der Waals surface area contributed by atoms with Gasteiger partial charge in [0.25, 0.3) is 11.5 Å². The minimum atomic E-state index is -0.511. The number of nitrogens with zero attached hydrogens (tertiary/aromatic N) is 2. The number of hydrogen-bond donors (Lipinski definition) is 2. The van der Waals surface area contributed by atoms with Crippen LogP contribution in [0.25, 0.3) is 11.8 Å². The predicted molar refractivity (Wildman–Crippen MR) is 119 cm³/mol. The number of carbonyl (C=O) groups excluding carboxylic acids is 2. The standard InChI is InChI=1S/C23H21ClN4O3/c1-3-19-18(21(29)28(26-19)17-10-8-16(24)9-11-17)12-20-22(30)27(23(31)25-20)13-15-6-4-14(2)5-7-15/h4-12,26H,3,13H2,1-2H3,(H,25,31)/b20-12-. The van der Waals surface area contributed by atoms with E-state index < -0.39 is 11.9 Å². The molecule has 0 saturated carbocycles. The average molecular weight is 437 g/mol.